The van der Waals surface area contributed by atoms with E-state index in [1.807, 2.05) is 30.3 Å². The van der Waals surface area contributed by atoms with Gasteiger partial charge in [0.1, 0.15) is 0 Å². The van der Waals surface area contributed by atoms with Crippen LogP contribution in [0.3, 0.4) is 0 Å². The number of anilines is 3. The Morgan fingerprint density at radius 3 is 2.59 bits per heavy atom. The number of para-hydroxylation sites is 1. The number of benzene rings is 2. The van der Waals surface area contributed by atoms with Crippen LogP contribution in [0.2, 0.25) is 0 Å². The lowest BCUT2D eigenvalue weighted by atomic mass is 10.1. The van der Waals surface area contributed by atoms with Gasteiger partial charge in [0.2, 0.25) is 0 Å². The highest BCUT2D eigenvalue weighted by atomic mass is 79.9. The van der Waals surface area contributed by atoms with Gasteiger partial charge in [-0.25, -0.2) is 4.79 Å². The molecule has 0 aliphatic carbocycles. The van der Waals surface area contributed by atoms with Crippen LogP contribution in [-0.2, 0) is 4.74 Å². The number of methoxy groups -OCH3 is 1. The van der Waals surface area contributed by atoms with E-state index in [0.717, 1.165) is 36.1 Å². The third-order valence-corrected chi connectivity index (χ3v) is 5.35. The summed E-state index contributed by atoms with van der Waals surface area (Å²) in [6.45, 7) is 2.72. The van der Waals surface area contributed by atoms with Crippen LogP contribution in [-0.4, -0.2) is 45.3 Å². The zero-order valence-electron chi connectivity index (χ0n) is 16.3. The monoisotopic (exact) mass is 460 g/mol. The molecule has 0 unspecified atom stereocenters. The molecule has 1 aliphatic rings. The van der Waals surface area contributed by atoms with Crippen molar-refractivity contribution in [2.75, 3.05) is 48.9 Å². The minimum absolute atomic E-state index is 0.182. The Morgan fingerprint density at radius 1 is 1.10 bits per heavy atom. The van der Waals surface area contributed by atoms with Crippen LogP contribution in [0.1, 0.15) is 23.2 Å². The van der Waals surface area contributed by atoms with Crippen LogP contribution in [0.15, 0.2) is 46.9 Å². The number of nitrogens with one attached hydrogen (secondary N) is 3. The van der Waals surface area contributed by atoms with Crippen LogP contribution in [0.4, 0.5) is 21.9 Å². The Morgan fingerprint density at radius 2 is 1.86 bits per heavy atom. The molecule has 3 N–H and O–H groups in total. The van der Waals surface area contributed by atoms with E-state index in [1.165, 1.54) is 0 Å². The minimum Gasteiger partial charge on any atom is -0.383 e. The van der Waals surface area contributed by atoms with Crippen molar-refractivity contribution in [2.45, 2.75) is 12.8 Å². The average Bonchev–Trinajstić information content (AvgIpc) is 3.24. The lowest BCUT2D eigenvalue weighted by Crippen LogP contribution is -2.30. The third kappa shape index (κ3) is 5.71. The van der Waals surface area contributed by atoms with Gasteiger partial charge in [0, 0.05) is 42.6 Å². The third-order valence-electron chi connectivity index (χ3n) is 4.66. The summed E-state index contributed by atoms with van der Waals surface area (Å²) < 4.78 is 5.80. The molecular weight excluding hydrogens is 436 g/mol. The summed E-state index contributed by atoms with van der Waals surface area (Å²) in [4.78, 5) is 27.3. The van der Waals surface area contributed by atoms with Gasteiger partial charge in [-0.1, -0.05) is 12.1 Å². The molecule has 29 heavy (non-hydrogen) atoms. The molecule has 3 amide bonds. The van der Waals surface area contributed by atoms with E-state index in [4.69, 9.17) is 4.74 Å². The maximum absolute atomic E-state index is 12.7. The second kappa shape index (κ2) is 10.3. The molecule has 1 heterocycles. The van der Waals surface area contributed by atoms with E-state index in [2.05, 4.69) is 36.8 Å². The van der Waals surface area contributed by atoms with Gasteiger partial charge in [-0.05, 0) is 59.1 Å². The highest BCUT2D eigenvalue weighted by Crippen LogP contribution is 2.28. The number of rotatable bonds is 7. The van der Waals surface area contributed by atoms with E-state index in [-0.39, 0.29) is 11.9 Å². The summed E-state index contributed by atoms with van der Waals surface area (Å²) in [5.74, 6) is -0.182. The van der Waals surface area contributed by atoms with Gasteiger partial charge in [-0.3, -0.25) is 4.79 Å². The fraction of sp³-hybridized carbons (Fsp3) is 0.333. The van der Waals surface area contributed by atoms with Crippen molar-refractivity contribution in [3.63, 3.8) is 0 Å². The fourth-order valence-electron chi connectivity index (χ4n) is 3.24. The van der Waals surface area contributed by atoms with Crippen molar-refractivity contribution in [3.05, 3.63) is 52.5 Å². The van der Waals surface area contributed by atoms with E-state index in [9.17, 15) is 9.59 Å². The molecule has 2 aromatic rings. The number of hydrogen-bond donors (Lipinski definition) is 3. The molecule has 7 nitrogen and oxygen atoms in total. The van der Waals surface area contributed by atoms with Crippen LogP contribution in [0.25, 0.3) is 0 Å². The first-order valence-electron chi connectivity index (χ1n) is 9.57. The van der Waals surface area contributed by atoms with Gasteiger partial charge in [0.25, 0.3) is 5.91 Å². The number of nitrogens with zero attached hydrogens (tertiary/aromatic N) is 1. The molecule has 1 aliphatic heterocycles. The SMILES string of the molecule is COCCNC(=O)c1cc(NC(=O)Nc2ccccc2Br)ccc1N1CCCC1. The highest BCUT2D eigenvalue weighted by molar-refractivity contribution is 9.10. The number of urea groups is 1. The number of ether oxygens (including phenoxy) is 1. The highest BCUT2D eigenvalue weighted by Gasteiger charge is 2.20. The molecule has 0 atom stereocenters. The van der Waals surface area contributed by atoms with Gasteiger partial charge < -0.3 is 25.6 Å². The summed E-state index contributed by atoms with van der Waals surface area (Å²) >= 11 is 3.41. The summed E-state index contributed by atoms with van der Waals surface area (Å²) in [6.07, 6.45) is 2.22. The van der Waals surface area contributed by atoms with Crippen molar-refractivity contribution in [2.24, 2.45) is 0 Å². The number of hydrogen-bond acceptors (Lipinski definition) is 4. The van der Waals surface area contributed by atoms with E-state index in [0.29, 0.717) is 30.1 Å². The van der Waals surface area contributed by atoms with Crippen LogP contribution in [0.5, 0.6) is 0 Å². The lowest BCUT2D eigenvalue weighted by Gasteiger charge is -2.22. The Kier molecular flexibility index (Phi) is 7.48. The summed E-state index contributed by atoms with van der Waals surface area (Å²) in [5.41, 5.74) is 2.64. The second-order valence-electron chi connectivity index (χ2n) is 6.73. The van der Waals surface area contributed by atoms with Crippen molar-refractivity contribution in [3.8, 4) is 0 Å². The van der Waals surface area contributed by atoms with Gasteiger partial charge in [0.15, 0.2) is 0 Å². The van der Waals surface area contributed by atoms with Crippen molar-refractivity contribution in [1.82, 2.24) is 5.32 Å². The lowest BCUT2D eigenvalue weighted by molar-refractivity contribution is 0.0937. The number of halogens is 1. The van der Waals surface area contributed by atoms with E-state index in [1.54, 1.807) is 19.2 Å². The predicted octanol–water partition coefficient (Wildman–Crippen LogP) is 4.07. The van der Waals surface area contributed by atoms with Gasteiger partial charge >= 0.3 is 6.03 Å². The summed E-state index contributed by atoms with van der Waals surface area (Å²) in [6, 6.07) is 12.4. The summed E-state index contributed by atoms with van der Waals surface area (Å²) in [5, 5.41) is 8.46. The molecule has 0 aromatic heterocycles. The number of amides is 3. The second-order valence-corrected chi connectivity index (χ2v) is 7.59. The molecule has 154 valence electrons. The first-order valence-corrected chi connectivity index (χ1v) is 10.4. The standard InChI is InChI=1S/C21H25BrN4O3/c1-29-13-10-23-20(27)16-14-15(8-9-19(16)26-11-4-5-12-26)24-21(28)25-18-7-3-2-6-17(18)22/h2-3,6-9,14H,4-5,10-13H2,1H3,(H,23,27)(H2,24,25,28). The zero-order valence-corrected chi connectivity index (χ0v) is 17.9. The normalized spacial score (nSPS) is 13.2. The molecule has 0 radical (unpaired) electrons. The quantitative estimate of drug-likeness (QED) is 0.543. The van der Waals surface area contributed by atoms with E-state index < -0.39 is 0 Å². The first kappa shape index (κ1) is 21.1. The van der Waals surface area contributed by atoms with Crippen molar-refractivity contribution >= 4 is 44.9 Å². The Balaban J connectivity index is 1.76. The molecule has 3 rings (SSSR count). The molecule has 2 aromatic carbocycles. The largest absolute Gasteiger partial charge is 0.383 e. The molecular formula is C21H25BrN4O3. The van der Waals surface area contributed by atoms with Crippen LogP contribution < -0.4 is 20.9 Å². The molecule has 0 saturated carbocycles. The molecule has 8 heteroatoms. The topological polar surface area (TPSA) is 82.7 Å². The Hall–Kier alpha value is -2.58. The van der Waals surface area contributed by atoms with Gasteiger partial charge in [0.05, 0.1) is 17.9 Å². The number of carbonyl (C=O) groups excluding carboxylic acids is 2. The maximum Gasteiger partial charge on any atom is 0.323 e. The minimum atomic E-state index is -0.378. The maximum atomic E-state index is 12.7. The molecule has 0 bridgehead atoms. The zero-order chi connectivity index (χ0) is 20.6. The van der Waals surface area contributed by atoms with Crippen molar-refractivity contribution < 1.29 is 14.3 Å². The molecule has 1 fully saturated rings. The smallest absolute Gasteiger partial charge is 0.323 e. The summed E-state index contributed by atoms with van der Waals surface area (Å²) in [7, 11) is 1.59. The Bertz CT molecular complexity index is 869. The molecule has 0 spiro atoms. The predicted molar refractivity (Wildman–Crippen MR) is 119 cm³/mol. The number of carbonyl (C=O) groups is 2. The fourth-order valence-corrected chi connectivity index (χ4v) is 3.62. The van der Waals surface area contributed by atoms with Crippen LogP contribution in [0, 0.1) is 0 Å². The first-order chi connectivity index (χ1) is 14.1. The van der Waals surface area contributed by atoms with Gasteiger partial charge in [-0.2, -0.15) is 0 Å². The van der Waals surface area contributed by atoms with Gasteiger partial charge in [-0.15, -0.1) is 0 Å². The van der Waals surface area contributed by atoms with E-state index >= 15 is 0 Å². The Labute approximate surface area is 178 Å². The van der Waals surface area contributed by atoms with Crippen molar-refractivity contribution in [1.29, 1.82) is 0 Å². The average molecular weight is 461 g/mol. The van der Waals surface area contributed by atoms with Crippen LogP contribution >= 0.6 is 15.9 Å². The molecule has 1 saturated heterocycles.